The summed E-state index contributed by atoms with van der Waals surface area (Å²) in [7, 11) is 1.85. The molecule has 0 saturated heterocycles. The summed E-state index contributed by atoms with van der Waals surface area (Å²) < 4.78 is 1.75. The molecule has 2 atom stereocenters. The van der Waals surface area contributed by atoms with Crippen LogP contribution in [0.15, 0.2) is 57.5 Å². The van der Waals surface area contributed by atoms with Gasteiger partial charge < -0.3 is 10.6 Å². The maximum atomic E-state index is 13.5. The Kier molecular flexibility index (Phi) is 4.57. The van der Waals surface area contributed by atoms with Crippen LogP contribution in [0.5, 0.6) is 0 Å². The number of nitrogens with one attached hydrogen (secondary N) is 2. The summed E-state index contributed by atoms with van der Waals surface area (Å²) in [6.07, 6.45) is 2.87. The van der Waals surface area contributed by atoms with E-state index in [0.717, 1.165) is 33.7 Å². The largest absolute Gasteiger partial charge is 0.362 e. The molecule has 8 heteroatoms. The highest BCUT2D eigenvalue weighted by molar-refractivity contribution is 6.00. The molecule has 2 N–H and O–H groups in total. The van der Waals surface area contributed by atoms with Crippen LogP contribution in [0.1, 0.15) is 50.4 Å². The molecule has 5 rings (SSSR count). The van der Waals surface area contributed by atoms with Gasteiger partial charge in [-0.3, -0.25) is 9.48 Å². The molecule has 2 aromatic rings. The number of hydrogen-bond acceptors (Lipinski definition) is 6. The molecule has 1 aromatic carbocycles. The lowest BCUT2D eigenvalue weighted by Crippen LogP contribution is -2.58. The second-order valence-electron chi connectivity index (χ2n) is 9.61. The van der Waals surface area contributed by atoms with E-state index >= 15 is 0 Å². The quantitative estimate of drug-likeness (QED) is 0.756. The van der Waals surface area contributed by atoms with Crippen molar-refractivity contribution in [2.45, 2.75) is 57.7 Å². The molecule has 0 bridgehead atoms. The summed E-state index contributed by atoms with van der Waals surface area (Å²) >= 11 is 0. The predicted molar refractivity (Wildman–Crippen MR) is 124 cm³/mol. The normalized spacial score (nSPS) is 25.0. The predicted octanol–water partition coefficient (Wildman–Crippen LogP) is 3.75. The van der Waals surface area contributed by atoms with Gasteiger partial charge in [0.1, 0.15) is 11.6 Å². The van der Waals surface area contributed by atoms with Crippen LogP contribution in [0.3, 0.4) is 0 Å². The standard InChI is InChI=1S/C25H27N7O/c1-6-25(16-9-7-8-15(10-16)21-17(12-26)14(2)31-32(21)5)18-13-27-30-22(18)28-19-11-24(3,4)29-23(33)20(19)25/h7-10,13,22,28H,6,11H2,1-5H3,(H,29,33)/t22?,25-/m1/s1. The number of aromatic nitrogens is 2. The van der Waals surface area contributed by atoms with Crippen LogP contribution in [0.2, 0.25) is 0 Å². The highest BCUT2D eigenvalue weighted by atomic mass is 16.2. The van der Waals surface area contributed by atoms with Gasteiger partial charge in [0.25, 0.3) is 5.91 Å². The maximum Gasteiger partial charge on any atom is 0.250 e. The first kappa shape index (κ1) is 21.1. The summed E-state index contributed by atoms with van der Waals surface area (Å²) in [6.45, 7) is 8.00. The molecular weight excluding hydrogens is 414 g/mol. The van der Waals surface area contributed by atoms with E-state index < -0.39 is 5.41 Å². The molecule has 8 nitrogen and oxygen atoms in total. The molecule has 3 aliphatic heterocycles. The van der Waals surface area contributed by atoms with Crippen molar-refractivity contribution in [3.63, 3.8) is 0 Å². The number of nitriles is 1. The number of nitrogens with zero attached hydrogens (tertiary/aromatic N) is 5. The third kappa shape index (κ3) is 2.95. The van der Waals surface area contributed by atoms with Gasteiger partial charge in [-0.25, -0.2) is 0 Å². The number of fused-ring (bicyclic) bond motifs is 1. The van der Waals surface area contributed by atoms with E-state index in [2.05, 4.69) is 51.1 Å². The Morgan fingerprint density at radius 2 is 2.12 bits per heavy atom. The molecule has 0 radical (unpaired) electrons. The average Bonchev–Trinajstić information content (AvgIpc) is 3.34. The van der Waals surface area contributed by atoms with Crippen molar-refractivity contribution in [1.82, 2.24) is 20.4 Å². The zero-order valence-electron chi connectivity index (χ0n) is 19.5. The third-order valence-corrected chi connectivity index (χ3v) is 7.00. The molecule has 33 heavy (non-hydrogen) atoms. The zero-order valence-corrected chi connectivity index (χ0v) is 19.5. The summed E-state index contributed by atoms with van der Waals surface area (Å²) in [4.78, 5) is 13.5. The first-order valence-electron chi connectivity index (χ1n) is 11.2. The van der Waals surface area contributed by atoms with Crippen molar-refractivity contribution in [3.05, 3.63) is 64.1 Å². The van der Waals surface area contributed by atoms with Gasteiger partial charge in [-0.15, -0.1) is 0 Å². The summed E-state index contributed by atoms with van der Waals surface area (Å²) in [5.41, 5.74) is 5.50. The third-order valence-electron chi connectivity index (χ3n) is 7.00. The van der Waals surface area contributed by atoms with E-state index in [1.165, 1.54) is 0 Å². The zero-order chi connectivity index (χ0) is 23.5. The van der Waals surface area contributed by atoms with E-state index in [-0.39, 0.29) is 17.6 Å². The number of aryl methyl sites for hydroxylation is 2. The Morgan fingerprint density at radius 1 is 1.33 bits per heavy atom. The van der Waals surface area contributed by atoms with Crippen LogP contribution in [-0.4, -0.2) is 27.4 Å². The smallest absolute Gasteiger partial charge is 0.250 e. The number of amides is 1. The number of benzene rings is 1. The van der Waals surface area contributed by atoms with Crippen LogP contribution in [0.4, 0.5) is 0 Å². The van der Waals surface area contributed by atoms with Crippen LogP contribution in [0, 0.1) is 18.3 Å². The molecule has 0 aliphatic carbocycles. The van der Waals surface area contributed by atoms with Crippen molar-refractivity contribution < 1.29 is 4.79 Å². The van der Waals surface area contributed by atoms with E-state index in [1.54, 1.807) is 10.9 Å². The Hall–Kier alpha value is -3.73. The van der Waals surface area contributed by atoms with E-state index in [4.69, 9.17) is 0 Å². The topological polar surface area (TPSA) is 107 Å². The first-order valence-corrected chi connectivity index (χ1v) is 11.2. The second kappa shape index (κ2) is 7.14. The van der Waals surface area contributed by atoms with Gasteiger partial charge in [0.05, 0.1) is 28.6 Å². The van der Waals surface area contributed by atoms with Gasteiger partial charge in [0.2, 0.25) is 0 Å². The van der Waals surface area contributed by atoms with E-state index in [0.29, 0.717) is 24.1 Å². The minimum atomic E-state index is -0.675. The number of azo groups is 1. The molecule has 0 fully saturated rings. The monoisotopic (exact) mass is 441 g/mol. The van der Waals surface area contributed by atoms with Crippen molar-refractivity contribution in [1.29, 1.82) is 5.26 Å². The Bertz CT molecular complexity index is 1320. The molecule has 0 spiro atoms. The maximum absolute atomic E-state index is 13.5. The van der Waals surface area contributed by atoms with E-state index in [9.17, 15) is 10.1 Å². The second-order valence-corrected chi connectivity index (χ2v) is 9.61. The minimum Gasteiger partial charge on any atom is -0.362 e. The number of carbonyl (C=O) groups is 1. The number of hydrogen-bond donors (Lipinski definition) is 2. The lowest BCUT2D eigenvalue weighted by Gasteiger charge is -2.48. The SMILES string of the molecule is CC[C@@]1(c2cccc(-c3c(C#N)c(C)nn3C)c2)C2=CN=NC2NC2=C1C(=O)NC(C)(C)C2. The number of carbonyl (C=O) groups excluding carboxylic acids is 1. The fourth-order valence-electron chi connectivity index (χ4n) is 5.66. The van der Waals surface area contributed by atoms with Crippen molar-refractivity contribution >= 4 is 5.91 Å². The van der Waals surface area contributed by atoms with Gasteiger partial charge in [0, 0.05) is 35.8 Å². The first-order chi connectivity index (χ1) is 15.7. The highest BCUT2D eigenvalue weighted by Crippen LogP contribution is 2.51. The van der Waals surface area contributed by atoms with Gasteiger partial charge in [-0.2, -0.15) is 20.6 Å². The van der Waals surface area contributed by atoms with Gasteiger partial charge in [-0.1, -0.05) is 25.1 Å². The fourth-order valence-corrected chi connectivity index (χ4v) is 5.66. The van der Waals surface area contributed by atoms with Gasteiger partial charge >= 0.3 is 0 Å². The molecule has 168 valence electrons. The van der Waals surface area contributed by atoms with Crippen LogP contribution >= 0.6 is 0 Å². The molecule has 3 aliphatic rings. The van der Waals surface area contributed by atoms with Crippen LogP contribution in [-0.2, 0) is 17.3 Å². The molecular formula is C25H27N7O. The summed E-state index contributed by atoms with van der Waals surface area (Å²) in [5.74, 6) is -0.0682. The molecule has 0 saturated carbocycles. The fraction of sp³-hybridized carbons (Fsp3) is 0.400. The Morgan fingerprint density at radius 3 is 2.85 bits per heavy atom. The van der Waals surface area contributed by atoms with Gasteiger partial charge in [-0.05, 0) is 38.8 Å². The molecule has 1 unspecified atom stereocenters. The molecule has 1 amide bonds. The Balaban J connectivity index is 1.76. The molecule has 1 aromatic heterocycles. The summed E-state index contributed by atoms with van der Waals surface area (Å²) in [6, 6.07) is 10.4. The summed E-state index contributed by atoms with van der Waals surface area (Å²) in [5, 5.41) is 29.5. The molecule has 4 heterocycles. The van der Waals surface area contributed by atoms with Gasteiger partial charge in [0.15, 0.2) is 6.17 Å². The highest BCUT2D eigenvalue weighted by Gasteiger charge is 2.53. The van der Waals surface area contributed by atoms with Crippen molar-refractivity contribution in [2.24, 2.45) is 17.3 Å². The van der Waals surface area contributed by atoms with Crippen LogP contribution < -0.4 is 10.6 Å². The van der Waals surface area contributed by atoms with Crippen molar-refractivity contribution in [3.8, 4) is 17.3 Å². The van der Waals surface area contributed by atoms with Crippen molar-refractivity contribution in [2.75, 3.05) is 0 Å². The number of rotatable bonds is 3. The van der Waals surface area contributed by atoms with E-state index in [1.807, 2.05) is 40.0 Å². The average molecular weight is 442 g/mol. The minimum absolute atomic E-state index is 0.0682. The van der Waals surface area contributed by atoms with Crippen LogP contribution in [0.25, 0.3) is 11.3 Å². The lowest BCUT2D eigenvalue weighted by atomic mass is 9.62. The Labute approximate surface area is 193 Å². The lowest BCUT2D eigenvalue weighted by molar-refractivity contribution is -0.120.